The number of hydrogen-bond acceptors (Lipinski definition) is 7. The molecule has 3 N–H and O–H groups in total. The molecule has 0 unspecified atom stereocenters. The third-order valence-corrected chi connectivity index (χ3v) is 6.91. The van der Waals surface area contributed by atoms with Crippen LogP contribution in [0.2, 0.25) is 5.02 Å². The highest BCUT2D eigenvalue weighted by Crippen LogP contribution is 2.37. The number of nitrogens with one attached hydrogen (secondary N) is 1. The molecule has 2 heterocycles. The van der Waals surface area contributed by atoms with Crippen molar-refractivity contribution >= 4 is 17.3 Å². The van der Waals surface area contributed by atoms with E-state index in [1.165, 1.54) is 0 Å². The molecule has 2 aromatic carbocycles. The number of benzene rings is 2. The normalized spacial score (nSPS) is 22.4. The standard InChI is InChI=1S/C26H35ClN2O5/c1-32-13-2-10-29-11-14-33-24-6-3-19(15-23(24)29)18-34-25-17-28-9-8-26(25,31)22-5-4-21(27)16-20(22)7-12-30/h3-6,15-16,25,28,30-31H,2,7-14,17-18H2,1H3/t25-,26-/m0/s1. The van der Waals surface area contributed by atoms with E-state index >= 15 is 0 Å². The highest BCUT2D eigenvalue weighted by atomic mass is 35.5. The molecule has 4 rings (SSSR count). The van der Waals surface area contributed by atoms with Crippen LogP contribution >= 0.6 is 11.6 Å². The third kappa shape index (κ3) is 5.67. The van der Waals surface area contributed by atoms with Crippen LogP contribution in [0.15, 0.2) is 36.4 Å². The Kier molecular flexibility index (Phi) is 8.69. The first kappa shape index (κ1) is 25.2. The maximum Gasteiger partial charge on any atom is 0.142 e. The Labute approximate surface area is 206 Å². The topological polar surface area (TPSA) is 83.4 Å². The van der Waals surface area contributed by atoms with Gasteiger partial charge >= 0.3 is 0 Å². The molecule has 2 atom stereocenters. The number of nitrogens with zero attached hydrogens (tertiary/aromatic N) is 1. The first-order chi connectivity index (χ1) is 16.5. The van der Waals surface area contributed by atoms with Gasteiger partial charge in [0.05, 0.1) is 18.8 Å². The fourth-order valence-electron chi connectivity index (χ4n) is 4.90. The van der Waals surface area contributed by atoms with Gasteiger partial charge in [-0.1, -0.05) is 23.7 Å². The van der Waals surface area contributed by atoms with E-state index in [1.807, 2.05) is 24.3 Å². The van der Waals surface area contributed by atoms with Gasteiger partial charge in [-0.3, -0.25) is 0 Å². The number of aliphatic hydroxyl groups is 2. The number of hydrogen-bond donors (Lipinski definition) is 3. The summed E-state index contributed by atoms with van der Waals surface area (Å²) in [4.78, 5) is 2.33. The Balaban J connectivity index is 1.51. The molecule has 0 aromatic heterocycles. The van der Waals surface area contributed by atoms with Gasteiger partial charge < -0.3 is 34.6 Å². The van der Waals surface area contributed by atoms with Gasteiger partial charge in [-0.25, -0.2) is 0 Å². The Bertz CT molecular complexity index is 959. The van der Waals surface area contributed by atoms with Crippen LogP contribution in [-0.2, 0) is 28.1 Å². The minimum atomic E-state index is -1.16. The number of rotatable bonds is 10. The number of aliphatic hydroxyl groups excluding tert-OH is 1. The molecule has 0 spiro atoms. The van der Waals surface area contributed by atoms with Crippen molar-refractivity contribution in [1.82, 2.24) is 5.32 Å². The van der Waals surface area contributed by atoms with E-state index in [0.29, 0.717) is 44.2 Å². The second kappa shape index (κ2) is 11.7. The number of piperidine rings is 1. The average Bonchev–Trinajstić information content (AvgIpc) is 2.84. The molecule has 0 saturated carbocycles. The number of fused-ring (bicyclic) bond motifs is 1. The Morgan fingerprint density at radius 2 is 2.15 bits per heavy atom. The molecule has 186 valence electrons. The van der Waals surface area contributed by atoms with Gasteiger partial charge in [0, 0.05) is 38.4 Å². The molecule has 0 aliphatic carbocycles. The van der Waals surface area contributed by atoms with E-state index in [4.69, 9.17) is 25.8 Å². The molecule has 8 heteroatoms. The first-order valence-corrected chi connectivity index (χ1v) is 12.4. The van der Waals surface area contributed by atoms with Crippen LogP contribution in [0.1, 0.15) is 29.5 Å². The van der Waals surface area contributed by atoms with Crippen molar-refractivity contribution in [2.45, 2.75) is 37.6 Å². The second-order valence-corrected chi connectivity index (χ2v) is 9.37. The summed E-state index contributed by atoms with van der Waals surface area (Å²) in [5.41, 5.74) is 2.57. The van der Waals surface area contributed by atoms with Gasteiger partial charge in [0.15, 0.2) is 0 Å². The Morgan fingerprint density at radius 3 is 2.97 bits per heavy atom. The van der Waals surface area contributed by atoms with E-state index in [9.17, 15) is 10.2 Å². The summed E-state index contributed by atoms with van der Waals surface area (Å²) < 4.78 is 17.4. The smallest absolute Gasteiger partial charge is 0.142 e. The van der Waals surface area contributed by atoms with E-state index < -0.39 is 11.7 Å². The largest absolute Gasteiger partial charge is 0.490 e. The lowest BCUT2D eigenvalue weighted by molar-refractivity contribution is -0.135. The van der Waals surface area contributed by atoms with Crippen LogP contribution in [0, 0.1) is 0 Å². The summed E-state index contributed by atoms with van der Waals surface area (Å²) in [5, 5.41) is 25.3. The average molecular weight is 491 g/mol. The van der Waals surface area contributed by atoms with Crippen molar-refractivity contribution in [3.05, 3.63) is 58.1 Å². The summed E-state index contributed by atoms with van der Waals surface area (Å²) in [7, 11) is 1.72. The van der Waals surface area contributed by atoms with Crippen molar-refractivity contribution in [1.29, 1.82) is 0 Å². The highest BCUT2D eigenvalue weighted by molar-refractivity contribution is 6.30. The minimum Gasteiger partial charge on any atom is -0.490 e. The highest BCUT2D eigenvalue weighted by Gasteiger charge is 2.42. The first-order valence-electron chi connectivity index (χ1n) is 12.0. The molecular formula is C26H35ClN2O5. The maximum absolute atomic E-state index is 11.8. The minimum absolute atomic E-state index is 0.00866. The fourth-order valence-corrected chi connectivity index (χ4v) is 5.09. The molecule has 0 bridgehead atoms. The van der Waals surface area contributed by atoms with Crippen LogP contribution in [0.3, 0.4) is 0 Å². The summed E-state index contributed by atoms with van der Waals surface area (Å²) in [6.07, 6.45) is 1.46. The molecule has 1 saturated heterocycles. The molecule has 1 fully saturated rings. The second-order valence-electron chi connectivity index (χ2n) is 8.94. The van der Waals surface area contributed by atoms with Gasteiger partial charge in [-0.05, 0) is 66.8 Å². The van der Waals surface area contributed by atoms with Crippen LogP contribution < -0.4 is 15.0 Å². The third-order valence-electron chi connectivity index (χ3n) is 6.67. The lowest BCUT2D eigenvalue weighted by Crippen LogP contribution is -2.53. The number of anilines is 1. The fraction of sp³-hybridized carbons (Fsp3) is 0.538. The molecule has 2 aliphatic rings. The van der Waals surface area contributed by atoms with Crippen molar-refractivity contribution in [2.75, 3.05) is 58.0 Å². The molecule has 0 amide bonds. The van der Waals surface area contributed by atoms with Crippen molar-refractivity contribution in [3.63, 3.8) is 0 Å². The van der Waals surface area contributed by atoms with Gasteiger partial charge in [-0.2, -0.15) is 0 Å². The lowest BCUT2D eigenvalue weighted by Gasteiger charge is -2.41. The van der Waals surface area contributed by atoms with Gasteiger partial charge in [0.25, 0.3) is 0 Å². The van der Waals surface area contributed by atoms with Crippen LogP contribution in [0.25, 0.3) is 0 Å². The monoisotopic (exact) mass is 490 g/mol. The molecule has 34 heavy (non-hydrogen) atoms. The quantitative estimate of drug-likeness (QED) is 0.442. The van der Waals surface area contributed by atoms with Gasteiger partial charge in [-0.15, -0.1) is 0 Å². The molecule has 2 aromatic rings. The molecule has 2 aliphatic heterocycles. The number of methoxy groups -OCH3 is 1. The van der Waals surface area contributed by atoms with Crippen molar-refractivity contribution in [2.24, 2.45) is 0 Å². The zero-order valence-electron chi connectivity index (χ0n) is 19.8. The SMILES string of the molecule is COCCCN1CCOc2ccc(CO[C@H]3CNCC[C@]3(O)c3ccc(Cl)cc3CCO)cc21. The summed E-state index contributed by atoms with van der Waals surface area (Å²) >= 11 is 6.20. The maximum atomic E-state index is 11.8. The van der Waals surface area contributed by atoms with Crippen LogP contribution in [0.5, 0.6) is 5.75 Å². The van der Waals surface area contributed by atoms with E-state index in [1.54, 1.807) is 13.2 Å². The molecule has 0 radical (unpaired) electrons. The summed E-state index contributed by atoms with van der Waals surface area (Å²) in [6.45, 7) is 4.74. The summed E-state index contributed by atoms with van der Waals surface area (Å²) in [6, 6.07) is 11.6. The van der Waals surface area contributed by atoms with Crippen LogP contribution in [0.4, 0.5) is 5.69 Å². The molecular weight excluding hydrogens is 456 g/mol. The van der Waals surface area contributed by atoms with E-state index in [2.05, 4.69) is 16.3 Å². The van der Waals surface area contributed by atoms with Crippen molar-refractivity contribution < 1.29 is 24.4 Å². The van der Waals surface area contributed by atoms with Crippen LogP contribution in [-0.4, -0.2) is 69.4 Å². The Morgan fingerprint density at radius 1 is 1.26 bits per heavy atom. The number of halogens is 1. The summed E-state index contributed by atoms with van der Waals surface area (Å²) in [5.74, 6) is 0.887. The zero-order chi connectivity index (χ0) is 24.0. The van der Waals surface area contributed by atoms with E-state index in [0.717, 1.165) is 54.2 Å². The van der Waals surface area contributed by atoms with Gasteiger partial charge in [0.1, 0.15) is 24.1 Å². The van der Waals surface area contributed by atoms with Crippen molar-refractivity contribution in [3.8, 4) is 5.75 Å². The van der Waals surface area contributed by atoms with Gasteiger partial charge in [0.2, 0.25) is 0 Å². The van der Waals surface area contributed by atoms with E-state index in [-0.39, 0.29) is 6.61 Å². The lowest BCUT2D eigenvalue weighted by atomic mass is 9.79. The number of ether oxygens (including phenoxy) is 3. The Hall–Kier alpha value is -1.87. The zero-order valence-corrected chi connectivity index (χ0v) is 20.5. The predicted molar refractivity (Wildman–Crippen MR) is 133 cm³/mol. The predicted octanol–water partition coefficient (Wildman–Crippen LogP) is 2.88. The molecule has 7 nitrogen and oxygen atoms in total.